The first kappa shape index (κ1) is 9.97. The zero-order chi connectivity index (χ0) is 11.0. The summed E-state index contributed by atoms with van der Waals surface area (Å²) < 4.78 is 5.27. The Kier molecular flexibility index (Phi) is 2.48. The number of methoxy groups -OCH3 is 1. The van der Waals surface area contributed by atoms with Crippen LogP contribution < -0.4 is 15.0 Å². The molecule has 3 heteroatoms. The number of hydrogen-bond acceptors (Lipinski definition) is 3. The van der Waals surface area contributed by atoms with Crippen molar-refractivity contribution in [1.82, 2.24) is 5.32 Å². The van der Waals surface area contributed by atoms with Crippen molar-refractivity contribution in [3.8, 4) is 5.75 Å². The van der Waals surface area contributed by atoms with Gasteiger partial charge in [0.1, 0.15) is 5.75 Å². The zero-order valence-corrected chi connectivity index (χ0v) is 9.65. The summed E-state index contributed by atoms with van der Waals surface area (Å²) in [6, 6.07) is 8.38. The predicted octanol–water partition coefficient (Wildman–Crippen LogP) is 1.35. The molecule has 3 rings (SSSR count). The molecular formula is C13H18N2O. The lowest BCUT2D eigenvalue weighted by Gasteiger charge is -2.20. The van der Waals surface area contributed by atoms with Crippen LogP contribution >= 0.6 is 0 Å². The molecule has 3 nitrogen and oxygen atoms in total. The maximum Gasteiger partial charge on any atom is 0.120 e. The summed E-state index contributed by atoms with van der Waals surface area (Å²) in [7, 11) is 1.72. The van der Waals surface area contributed by atoms with Crippen LogP contribution in [0.3, 0.4) is 0 Å². The standard InChI is InChI=1S/C13H18N2O/c1-16-13-4-2-3-12(5-13)15-8-10-6-14-7-11(10)9-15/h2-5,10-11,14H,6-9H2,1H3. The summed E-state index contributed by atoms with van der Waals surface area (Å²) in [6.45, 7) is 4.74. The zero-order valence-electron chi connectivity index (χ0n) is 9.65. The van der Waals surface area contributed by atoms with Crippen molar-refractivity contribution < 1.29 is 4.74 Å². The maximum absolute atomic E-state index is 5.27. The van der Waals surface area contributed by atoms with Crippen molar-refractivity contribution in [2.24, 2.45) is 11.8 Å². The van der Waals surface area contributed by atoms with E-state index in [1.54, 1.807) is 7.11 Å². The Morgan fingerprint density at radius 3 is 2.69 bits per heavy atom. The Hall–Kier alpha value is -1.22. The molecule has 0 aliphatic carbocycles. The number of rotatable bonds is 2. The molecular weight excluding hydrogens is 200 g/mol. The molecule has 0 amide bonds. The third-order valence-electron chi connectivity index (χ3n) is 3.81. The fourth-order valence-electron chi connectivity index (χ4n) is 2.87. The molecule has 0 spiro atoms. The lowest BCUT2D eigenvalue weighted by Crippen LogP contribution is -2.25. The van der Waals surface area contributed by atoms with Gasteiger partial charge in [-0.2, -0.15) is 0 Å². The molecule has 2 atom stereocenters. The van der Waals surface area contributed by atoms with Crippen molar-refractivity contribution in [3.63, 3.8) is 0 Å². The molecule has 2 aliphatic heterocycles. The van der Waals surface area contributed by atoms with Gasteiger partial charge in [0.05, 0.1) is 7.11 Å². The van der Waals surface area contributed by atoms with Gasteiger partial charge in [0, 0.05) is 37.9 Å². The Morgan fingerprint density at radius 1 is 1.25 bits per heavy atom. The average molecular weight is 218 g/mol. The van der Waals surface area contributed by atoms with E-state index in [4.69, 9.17) is 4.74 Å². The molecule has 2 fully saturated rings. The van der Waals surface area contributed by atoms with E-state index in [0.29, 0.717) is 0 Å². The molecule has 1 aromatic carbocycles. The van der Waals surface area contributed by atoms with E-state index in [2.05, 4.69) is 28.4 Å². The third-order valence-corrected chi connectivity index (χ3v) is 3.81. The number of benzene rings is 1. The number of fused-ring (bicyclic) bond motifs is 1. The Bertz CT molecular complexity index is 368. The van der Waals surface area contributed by atoms with E-state index in [0.717, 1.165) is 17.6 Å². The molecule has 1 N–H and O–H groups in total. The van der Waals surface area contributed by atoms with Crippen molar-refractivity contribution in [2.75, 3.05) is 38.2 Å². The minimum Gasteiger partial charge on any atom is -0.497 e. The van der Waals surface area contributed by atoms with Crippen LogP contribution in [0, 0.1) is 11.8 Å². The summed E-state index contributed by atoms with van der Waals surface area (Å²) in [6.07, 6.45) is 0. The number of nitrogens with zero attached hydrogens (tertiary/aromatic N) is 1. The second-order valence-electron chi connectivity index (χ2n) is 4.78. The number of hydrogen-bond donors (Lipinski definition) is 1. The summed E-state index contributed by atoms with van der Waals surface area (Å²) in [5.41, 5.74) is 1.30. The lowest BCUT2D eigenvalue weighted by molar-refractivity contribution is 0.415. The summed E-state index contributed by atoms with van der Waals surface area (Å²) in [5, 5.41) is 3.47. The first-order valence-electron chi connectivity index (χ1n) is 5.96. The highest BCUT2D eigenvalue weighted by molar-refractivity contribution is 5.51. The Labute approximate surface area is 96.4 Å². The van der Waals surface area contributed by atoms with E-state index >= 15 is 0 Å². The van der Waals surface area contributed by atoms with Gasteiger partial charge in [0.2, 0.25) is 0 Å². The molecule has 86 valence electrons. The molecule has 0 radical (unpaired) electrons. The second-order valence-corrected chi connectivity index (χ2v) is 4.78. The minimum absolute atomic E-state index is 0.839. The predicted molar refractivity (Wildman–Crippen MR) is 65.1 cm³/mol. The second kappa shape index (κ2) is 3.98. The highest BCUT2D eigenvalue weighted by atomic mass is 16.5. The van der Waals surface area contributed by atoms with E-state index in [1.165, 1.54) is 31.9 Å². The quantitative estimate of drug-likeness (QED) is 0.811. The van der Waals surface area contributed by atoms with Crippen LogP contribution in [0.15, 0.2) is 24.3 Å². The smallest absolute Gasteiger partial charge is 0.120 e. The van der Waals surface area contributed by atoms with Crippen molar-refractivity contribution in [1.29, 1.82) is 0 Å². The highest BCUT2D eigenvalue weighted by Gasteiger charge is 2.36. The van der Waals surface area contributed by atoms with Gasteiger partial charge in [-0.25, -0.2) is 0 Å². The van der Waals surface area contributed by atoms with Gasteiger partial charge in [0.25, 0.3) is 0 Å². The monoisotopic (exact) mass is 218 g/mol. The minimum atomic E-state index is 0.839. The summed E-state index contributed by atoms with van der Waals surface area (Å²) in [5.74, 6) is 2.63. The Balaban J connectivity index is 1.78. The molecule has 0 bridgehead atoms. The molecule has 0 saturated carbocycles. The van der Waals surface area contributed by atoms with E-state index in [-0.39, 0.29) is 0 Å². The fourth-order valence-corrected chi connectivity index (χ4v) is 2.87. The van der Waals surface area contributed by atoms with Gasteiger partial charge in [-0.1, -0.05) is 6.07 Å². The summed E-state index contributed by atoms with van der Waals surface area (Å²) >= 11 is 0. The first-order chi connectivity index (χ1) is 7.86. The van der Waals surface area contributed by atoms with Gasteiger partial charge >= 0.3 is 0 Å². The fraction of sp³-hybridized carbons (Fsp3) is 0.538. The normalized spacial score (nSPS) is 28.2. The average Bonchev–Trinajstić information content (AvgIpc) is 2.89. The first-order valence-corrected chi connectivity index (χ1v) is 5.96. The van der Waals surface area contributed by atoms with E-state index in [1.807, 2.05) is 6.07 Å². The molecule has 2 unspecified atom stereocenters. The van der Waals surface area contributed by atoms with Crippen LogP contribution in [0.25, 0.3) is 0 Å². The van der Waals surface area contributed by atoms with Gasteiger partial charge in [0.15, 0.2) is 0 Å². The van der Waals surface area contributed by atoms with Crippen LogP contribution in [0.1, 0.15) is 0 Å². The Morgan fingerprint density at radius 2 is 2.00 bits per heavy atom. The molecule has 16 heavy (non-hydrogen) atoms. The van der Waals surface area contributed by atoms with Gasteiger partial charge in [-0.3, -0.25) is 0 Å². The SMILES string of the molecule is COc1cccc(N2CC3CNCC3C2)c1. The van der Waals surface area contributed by atoms with Crippen LogP contribution in [0.4, 0.5) is 5.69 Å². The molecule has 2 saturated heterocycles. The van der Waals surface area contributed by atoms with Gasteiger partial charge in [-0.15, -0.1) is 0 Å². The van der Waals surface area contributed by atoms with Crippen LogP contribution in [-0.4, -0.2) is 33.3 Å². The third kappa shape index (κ3) is 1.65. The molecule has 1 aromatic rings. The van der Waals surface area contributed by atoms with E-state index < -0.39 is 0 Å². The van der Waals surface area contributed by atoms with Crippen LogP contribution in [0.2, 0.25) is 0 Å². The molecule has 2 heterocycles. The summed E-state index contributed by atoms with van der Waals surface area (Å²) in [4.78, 5) is 2.48. The van der Waals surface area contributed by atoms with Crippen LogP contribution in [0.5, 0.6) is 5.75 Å². The highest BCUT2D eigenvalue weighted by Crippen LogP contribution is 2.31. The molecule has 0 aromatic heterocycles. The van der Waals surface area contributed by atoms with E-state index in [9.17, 15) is 0 Å². The number of nitrogens with one attached hydrogen (secondary N) is 1. The van der Waals surface area contributed by atoms with Crippen molar-refractivity contribution >= 4 is 5.69 Å². The topological polar surface area (TPSA) is 24.5 Å². The van der Waals surface area contributed by atoms with Crippen LogP contribution in [-0.2, 0) is 0 Å². The lowest BCUT2D eigenvalue weighted by atomic mass is 10.0. The maximum atomic E-state index is 5.27. The van der Waals surface area contributed by atoms with Crippen molar-refractivity contribution in [3.05, 3.63) is 24.3 Å². The number of anilines is 1. The van der Waals surface area contributed by atoms with Crippen molar-refractivity contribution in [2.45, 2.75) is 0 Å². The van der Waals surface area contributed by atoms with Gasteiger partial charge in [-0.05, 0) is 24.0 Å². The largest absolute Gasteiger partial charge is 0.497 e. The molecule has 2 aliphatic rings. The van der Waals surface area contributed by atoms with Gasteiger partial charge < -0.3 is 15.0 Å². The number of ether oxygens (including phenoxy) is 1.